The summed E-state index contributed by atoms with van der Waals surface area (Å²) in [5, 5.41) is 22.3. The predicted octanol–water partition coefficient (Wildman–Crippen LogP) is 7.34. The fraction of sp³-hybridized carbons (Fsp3) is 0.763. The number of esters is 2. The number of methoxy groups -OCH3 is 1. The van der Waals surface area contributed by atoms with Gasteiger partial charge in [0.15, 0.2) is 0 Å². The van der Waals surface area contributed by atoms with Gasteiger partial charge in [-0.2, -0.15) is 0 Å². The molecule has 0 bridgehead atoms. The Bertz CT molecular complexity index is 1230. The number of anilines is 1. The molecular weight excluding hydrogens is 596 g/mol. The number of carbonyl (C=O) groups is 3. The lowest BCUT2D eigenvalue weighted by molar-refractivity contribution is -0.173. The minimum Gasteiger partial charge on any atom is -0.508 e. The van der Waals surface area contributed by atoms with E-state index in [2.05, 4.69) is 26.1 Å². The van der Waals surface area contributed by atoms with Gasteiger partial charge in [0, 0.05) is 16.6 Å². The van der Waals surface area contributed by atoms with E-state index in [1.165, 1.54) is 19.2 Å². The zero-order valence-corrected chi connectivity index (χ0v) is 32.0. The molecule has 1 aromatic rings. The van der Waals surface area contributed by atoms with Crippen molar-refractivity contribution in [2.75, 3.05) is 25.6 Å². The van der Waals surface area contributed by atoms with Crippen molar-refractivity contribution in [1.29, 1.82) is 0 Å². The molecule has 0 radical (unpaired) electrons. The van der Waals surface area contributed by atoms with Crippen LogP contribution in [-0.4, -0.2) is 53.9 Å². The number of aliphatic hydroxyl groups is 1. The smallest absolute Gasteiger partial charge is 0.313 e. The number of nitrogens with one attached hydrogen (secondary N) is 1. The number of carbonyl (C=O) groups excluding carboxylic acids is 3. The maximum Gasteiger partial charge on any atom is 0.313 e. The number of aromatic hydroxyl groups is 1. The molecule has 0 spiro atoms. The molecule has 9 heteroatoms. The van der Waals surface area contributed by atoms with Crippen LogP contribution in [0.2, 0.25) is 0 Å². The van der Waals surface area contributed by atoms with Crippen LogP contribution >= 0.6 is 0 Å². The first-order chi connectivity index (χ1) is 21.1. The molecular formula is C38H66N2O7. The quantitative estimate of drug-likeness (QED) is 0.106. The molecule has 0 heterocycles. The Balaban J connectivity index is 3.74. The van der Waals surface area contributed by atoms with Crippen LogP contribution in [0.1, 0.15) is 116 Å². The topological polar surface area (TPSA) is 148 Å². The molecule has 5 unspecified atom stereocenters. The normalized spacial score (nSPS) is 18.6. The summed E-state index contributed by atoms with van der Waals surface area (Å²) in [5.74, 6) is -1.29. The summed E-state index contributed by atoms with van der Waals surface area (Å²) in [6.07, 6.45) is 1.16. The maximum absolute atomic E-state index is 14.2. The molecule has 9 nitrogen and oxygen atoms in total. The van der Waals surface area contributed by atoms with Crippen LogP contribution in [0.3, 0.4) is 0 Å². The molecule has 5 N–H and O–H groups in total. The molecule has 0 saturated carbocycles. The predicted molar refractivity (Wildman–Crippen MR) is 189 cm³/mol. The summed E-state index contributed by atoms with van der Waals surface area (Å²) in [6.45, 7) is 27.3. The van der Waals surface area contributed by atoms with Crippen LogP contribution in [0.15, 0.2) is 24.3 Å². The van der Waals surface area contributed by atoms with Crippen molar-refractivity contribution in [3.05, 3.63) is 24.3 Å². The number of hydrogen-bond acceptors (Lipinski definition) is 8. The summed E-state index contributed by atoms with van der Waals surface area (Å²) in [5.41, 5.74) is 2.02. The van der Waals surface area contributed by atoms with Gasteiger partial charge in [-0.25, -0.2) is 0 Å². The molecule has 0 aliphatic heterocycles. The lowest BCUT2D eigenvalue weighted by Gasteiger charge is -2.57. The third-order valence-electron chi connectivity index (χ3n) is 11.5. The van der Waals surface area contributed by atoms with E-state index in [4.69, 9.17) is 15.2 Å². The van der Waals surface area contributed by atoms with Gasteiger partial charge in [0.1, 0.15) is 12.4 Å². The van der Waals surface area contributed by atoms with Crippen molar-refractivity contribution in [2.24, 2.45) is 50.1 Å². The Morgan fingerprint density at radius 2 is 1.32 bits per heavy atom. The number of rotatable bonds is 16. The molecule has 0 aromatic heterocycles. The van der Waals surface area contributed by atoms with E-state index in [-0.39, 0.29) is 54.5 Å². The molecule has 1 amide bonds. The van der Waals surface area contributed by atoms with Crippen molar-refractivity contribution < 1.29 is 34.1 Å². The Morgan fingerprint density at radius 3 is 1.74 bits per heavy atom. The monoisotopic (exact) mass is 662 g/mol. The van der Waals surface area contributed by atoms with Gasteiger partial charge in [0.2, 0.25) is 5.91 Å². The third-order valence-corrected chi connectivity index (χ3v) is 11.5. The zero-order chi connectivity index (χ0) is 37.0. The number of nitrogens with two attached hydrogens (primary N) is 1. The summed E-state index contributed by atoms with van der Waals surface area (Å²) in [4.78, 5) is 41.5. The van der Waals surface area contributed by atoms with Crippen LogP contribution in [0.25, 0.3) is 0 Å². The number of amides is 1. The van der Waals surface area contributed by atoms with Gasteiger partial charge < -0.3 is 30.7 Å². The first-order valence-electron chi connectivity index (χ1n) is 16.8. The lowest BCUT2D eigenvalue weighted by Crippen LogP contribution is -2.67. The highest BCUT2D eigenvalue weighted by Crippen LogP contribution is 2.57. The van der Waals surface area contributed by atoms with E-state index in [0.29, 0.717) is 18.5 Å². The molecule has 0 fully saturated rings. The molecule has 0 saturated heterocycles. The van der Waals surface area contributed by atoms with Gasteiger partial charge in [-0.05, 0) is 92.4 Å². The van der Waals surface area contributed by atoms with E-state index in [1.54, 1.807) is 12.1 Å². The minimum atomic E-state index is -1.31. The van der Waals surface area contributed by atoms with Crippen LogP contribution in [0.4, 0.5) is 5.69 Å². The summed E-state index contributed by atoms with van der Waals surface area (Å²) in [7, 11) is 1.41. The Hall–Kier alpha value is -2.65. The highest BCUT2D eigenvalue weighted by molar-refractivity contribution is 5.95. The summed E-state index contributed by atoms with van der Waals surface area (Å²) in [6, 6.07) is 6.32. The van der Waals surface area contributed by atoms with Crippen LogP contribution < -0.4 is 11.1 Å². The van der Waals surface area contributed by atoms with Gasteiger partial charge in [-0.15, -0.1) is 0 Å². The Morgan fingerprint density at radius 1 is 0.809 bits per heavy atom. The number of hydrogen-bond donors (Lipinski definition) is 4. The third kappa shape index (κ3) is 9.28. The molecule has 270 valence electrons. The van der Waals surface area contributed by atoms with Gasteiger partial charge >= 0.3 is 11.9 Å². The second-order valence-corrected chi connectivity index (χ2v) is 17.6. The second-order valence-electron chi connectivity index (χ2n) is 17.6. The second kappa shape index (κ2) is 14.9. The first kappa shape index (κ1) is 42.4. The van der Waals surface area contributed by atoms with Gasteiger partial charge in [0.25, 0.3) is 0 Å². The SMILES string of the molecule is COC(=O)C(C)(CC(C)(C)C)C(C)C(C)(C)CC(C)(C(=O)OCCO)C(C)(N)C(C)(C)CC(C)(C(=O)Nc1ccc(O)cc1)C(C)C. The largest absolute Gasteiger partial charge is 0.508 e. The molecule has 0 aliphatic carbocycles. The number of phenolic OH excluding ortho intramolecular Hbond substituents is 1. The van der Waals surface area contributed by atoms with Crippen LogP contribution in [0.5, 0.6) is 5.75 Å². The standard InChI is InChI=1S/C38H66N2O7/c1-25(2)35(11,29(43)40-27-16-18-28(42)19-17-27)24-34(9,10)38(14,39)37(13,31(45)47-21-20-41)23-33(7,8)26(3)36(12,30(44)46-15)22-32(4,5)6/h16-19,25-26,41-42H,20-24,39H2,1-15H3,(H,40,43). The molecule has 5 atom stereocenters. The highest BCUT2D eigenvalue weighted by atomic mass is 16.5. The van der Waals surface area contributed by atoms with Crippen LogP contribution in [0, 0.1) is 44.3 Å². The fourth-order valence-electron chi connectivity index (χ4n) is 7.64. The van der Waals surface area contributed by atoms with Crippen molar-refractivity contribution in [3.63, 3.8) is 0 Å². The van der Waals surface area contributed by atoms with E-state index < -0.39 is 38.6 Å². The van der Waals surface area contributed by atoms with Crippen molar-refractivity contribution >= 4 is 23.5 Å². The number of phenols is 1. The van der Waals surface area contributed by atoms with E-state index in [0.717, 1.165) is 0 Å². The highest BCUT2D eigenvalue weighted by Gasteiger charge is 2.61. The average Bonchev–Trinajstić information content (AvgIpc) is 2.94. The summed E-state index contributed by atoms with van der Waals surface area (Å²) < 4.78 is 11.0. The van der Waals surface area contributed by atoms with Crippen molar-refractivity contribution in [2.45, 2.75) is 122 Å². The fourth-order valence-corrected chi connectivity index (χ4v) is 7.64. The van der Waals surface area contributed by atoms with Crippen molar-refractivity contribution in [3.8, 4) is 5.75 Å². The Kier molecular flexibility index (Phi) is 13.4. The van der Waals surface area contributed by atoms with Crippen LogP contribution in [-0.2, 0) is 23.9 Å². The lowest BCUT2D eigenvalue weighted by atomic mass is 9.49. The molecule has 1 rings (SSSR count). The minimum absolute atomic E-state index is 0.100. The summed E-state index contributed by atoms with van der Waals surface area (Å²) >= 11 is 0. The van der Waals surface area contributed by atoms with E-state index >= 15 is 0 Å². The van der Waals surface area contributed by atoms with Gasteiger partial charge in [-0.3, -0.25) is 14.4 Å². The number of aliphatic hydroxyl groups excluding tert-OH is 1. The van der Waals surface area contributed by atoms with Gasteiger partial charge in [-0.1, -0.05) is 76.2 Å². The number of ether oxygens (including phenoxy) is 2. The molecule has 1 aromatic carbocycles. The molecule has 0 aliphatic rings. The zero-order valence-electron chi connectivity index (χ0n) is 32.0. The average molecular weight is 663 g/mol. The first-order valence-corrected chi connectivity index (χ1v) is 16.8. The van der Waals surface area contributed by atoms with E-state index in [9.17, 15) is 24.6 Å². The van der Waals surface area contributed by atoms with Crippen molar-refractivity contribution in [1.82, 2.24) is 0 Å². The number of benzene rings is 1. The van der Waals surface area contributed by atoms with Gasteiger partial charge in [0.05, 0.1) is 24.5 Å². The Labute approximate surface area is 284 Å². The van der Waals surface area contributed by atoms with E-state index in [1.807, 2.05) is 76.2 Å². The molecule has 47 heavy (non-hydrogen) atoms. The maximum atomic E-state index is 14.2.